The van der Waals surface area contributed by atoms with Crippen molar-refractivity contribution in [1.29, 1.82) is 5.26 Å². The summed E-state index contributed by atoms with van der Waals surface area (Å²) >= 11 is 0. The number of ether oxygens (including phenoxy) is 1. The first-order valence-corrected chi connectivity index (χ1v) is 6.46. The summed E-state index contributed by atoms with van der Waals surface area (Å²) in [6.45, 7) is 4.39. The summed E-state index contributed by atoms with van der Waals surface area (Å²) in [6.07, 6.45) is 0.634. The van der Waals surface area contributed by atoms with Gasteiger partial charge in [0.2, 0.25) is 0 Å². The van der Waals surface area contributed by atoms with Crippen molar-refractivity contribution in [3.05, 3.63) is 29.3 Å². The Morgan fingerprint density at radius 2 is 2.32 bits per heavy atom. The van der Waals surface area contributed by atoms with E-state index < -0.39 is 0 Å². The number of methoxy groups -OCH3 is 1. The quantitative estimate of drug-likeness (QED) is 0.832. The van der Waals surface area contributed by atoms with Crippen LogP contribution >= 0.6 is 0 Å². The van der Waals surface area contributed by atoms with Gasteiger partial charge >= 0.3 is 0 Å². The Hall–Kier alpha value is -1.86. The fraction of sp³-hybridized carbons (Fsp3) is 0.467. The summed E-state index contributed by atoms with van der Waals surface area (Å²) in [5, 5.41) is 8.95. The average molecular weight is 258 g/mol. The van der Waals surface area contributed by atoms with E-state index in [1.54, 1.807) is 13.2 Å². The number of benzene rings is 1. The average Bonchev–Trinajstić information content (AvgIpc) is 2.43. The van der Waals surface area contributed by atoms with Crippen molar-refractivity contribution in [2.24, 2.45) is 5.92 Å². The van der Waals surface area contributed by atoms with Crippen LogP contribution in [0.5, 0.6) is 5.75 Å². The largest absolute Gasteiger partial charge is 0.495 e. The fourth-order valence-corrected chi connectivity index (χ4v) is 2.42. The molecule has 1 aromatic carbocycles. The number of rotatable bonds is 3. The Morgan fingerprint density at radius 1 is 1.53 bits per heavy atom. The molecule has 0 aliphatic carbocycles. The van der Waals surface area contributed by atoms with E-state index in [0.717, 1.165) is 25.2 Å². The maximum atomic E-state index is 11.5. The minimum Gasteiger partial charge on any atom is -0.495 e. The predicted octanol–water partition coefficient (Wildman–Crippen LogP) is 1.98. The van der Waals surface area contributed by atoms with Crippen LogP contribution in [0.4, 0.5) is 0 Å². The van der Waals surface area contributed by atoms with Crippen LogP contribution in [0.25, 0.3) is 0 Å². The molecule has 0 amide bonds. The van der Waals surface area contributed by atoms with Crippen LogP contribution in [0.1, 0.15) is 24.5 Å². The molecule has 2 rings (SSSR count). The molecule has 1 aliphatic heterocycles. The van der Waals surface area contributed by atoms with E-state index in [2.05, 4.69) is 11.0 Å². The highest BCUT2D eigenvalue weighted by Gasteiger charge is 2.23. The van der Waals surface area contributed by atoms with Gasteiger partial charge in [-0.25, -0.2) is 0 Å². The third-order valence-electron chi connectivity index (χ3n) is 3.55. The van der Waals surface area contributed by atoms with Crippen molar-refractivity contribution in [3.8, 4) is 11.8 Å². The molecular formula is C15H18N2O2. The SMILES string of the molecule is COc1cc(CN2CCC(=O)C(C)C2)ccc1C#N. The van der Waals surface area contributed by atoms with Gasteiger partial charge in [-0.2, -0.15) is 5.26 Å². The third-order valence-corrected chi connectivity index (χ3v) is 3.55. The third kappa shape index (κ3) is 3.12. The monoisotopic (exact) mass is 258 g/mol. The maximum Gasteiger partial charge on any atom is 0.138 e. The van der Waals surface area contributed by atoms with Crippen LogP contribution in [0.15, 0.2) is 18.2 Å². The van der Waals surface area contributed by atoms with Gasteiger partial charge in [-0.05, 0) is 17.7 Å². The maximum absolute atomic E-state index is 11.5. The zero-order valence-electron chi connectivity index (χ0n) is 11.3. The number of nitriles is 1. The van der Waals surface area contributed by atoms with Gasteiger partial charge in [0.15, 0.2) is 0 Å². The normalized spacial score (nSPS) is 20.1. The molecule has 4 nitrogen and oxygen atoms in total. The van der Waals surface area contributed by atoms with Crippen molar-refractivity contribution < 1.29 is 9.53 Å². The van der Waals surface area contributed by atoms with E-state index in [0.29, 0.717) is 23.5 Å². The van der Waals surface area contributed by atoms with E-state index in [1.165, 1.54) is 0 Å². The van der Waals surface area contributed by atoms with E-state index in [1.807, 2.05) is 19.1 Å². The van der Waals surface area contributed by atoms with Crippen LogP contribution in [0, 0.1) is 17.2 Å². The van der Waals surface area contributed by atoms with E-state index in [4.69, 9.17) is 10.00 Å². The Kier molecular flexibility index (Phi) is 4.18. The molecule has 0 aromatic heterocycles. The number of carbonyl (C=O) groups excluding carboxylic acids is 1. The lowest BCUT2D eigenvalue weighted by molar-refractivity contribution is -0.125. The smallest absolute Gasteiger partial charge is 0.138 e. The molecule has 4 heteroatoms. The summed E-state index contributed by atoms with van der Waals surface area (Å²) < 4.78 is 5.21. The van der Waals surface area contributed by atoms with Gasteiger partial charge in [0.05, 0.1) is 12.7 Å². The van der Waals surface area contributed by atoms with Crippen LogP contribution in [-0.4, -0.2) is 30.9 Å². The van der Waals surface area contributed by atoms with Crippen molar-refractivity contribution in [2.75, 3.05) is 20.2 Å². The van der Waals surface area contributed by atoms with Gasteiger partial charge in [0.25, 0.3) is 0 Å². The molecular weight excluding hydrogens is 240 g/mol. The second kappa shape index (κ2) is 5.85. The van der Waals surface area contributed by atoms with Gasteiger partial charge in [-0.3, -0.25) is 9.69 Å². The molecule has 0 saturated carbocycles. The molecule has 0 radical (unpaired) electrons. The highest BCUT2D eigenvalue weighted by molar-refractivity contribution is 5.81. The number of likely N-dealkylation sites (tertiary alicyclic amines) is 1. The molecule has 1 heterocycles. The highest BCUT2D eigenvalue weighted by atomic mass is 16.5. The van der Waals surface area contributed by atoms with Crippen LogP contribution in [0.2, 0.25) is 0 Å². The lowest BCUT2D eigenvalue weighted by Gasteiger charge is -2.30. The summed E-state index contributed by atoms with van der Waals surface area (Å²) in [7, 11) is 1.57. The number of piperidine rings is 1. The van der Waals surface area contributed by atoms with E-state index in [9.17, 15) is 4.79 Å². The number of hydrogen-bond acceptors (Lipinski definition) is 4. The van der Waals surface area contributed by atoms with Crippen LogP contribution < -0.4 is 4.74 Å². The molecule has 19 heavy (non-hydrogen) atoms. The Bertz CT molecular complexity index is 519. The van der Waals surface area contributed by atoms with Crippen molar-refractivity contribution in [3.63, 3.8) is 0 Å². The number of ketones is 1. The van der Waals surface area contributed by atoms with Gasteiger partial charge in [0.1, 0.15) is 17.6 Å². The molecule has 0 N–H and O–H groups in total. The molecule has 0 spiro atoms. The standard InChI is InChI=1S/C15H18N2O2/c1-11-9-17(6-5-14(11)18)10-12-3-4-13(8-16)15(7-12)19-2/h3-4,7,11H,5-6,9-10H2,1-2H3. The second-order valence-electron chi connectivity index (χ2n) is 5.00. The summed E-state index contributed by atoms with van der Waals surface area (Å²) in [5.41, 5.74) is 1.66. The zero-order chi connectivity index (χ0) is 13.8. The van der Waals surface area contributed by atoms with Crippen LogP contribution in [-0.2, 0) is 11.3 Å². The van der Waals surface area contributed by atoms with Gasteiger partial charge in [0, 0.05) is 32.0 Å². The molecule has 1 saturated heterocycles. The number of hydrogen-bond donors (Lipinski definition) is 0. The molecule has 1 fully saturated rings. The predicted molar refractivity (Wildman–Crippen MR) is 71.8 cm³/mol. The summed E-state index contributed by atoms with van der Waals surface area (Å²) in [4.78, 5) is 13.8. The van der Waals surface area contributed by atoms with Crippen molar-refractivity contribution >= 4 is 5.78 Å². The summed E-state index contributed by atoms with van der Waals surface area (Å²) in [5.74, 6) is 1.09. The highest BCUT2D eigenvalue weighted by Crippen LogP contribution is 2.21. The fourth-order valence-electron chi connectivity index (χ4n) is 2.42. The van der Waals surface area contributed by atoms with Crippen molar-refractivity contribution in [1.82, 2.24) is 4.90 Å². The van der Waals surface area contributed by atoms with Crippen molar-refractivity contribution in [2.45, 2.75) is 19.9 Å². The minimum atomic E-state index is 0.119. The lowest BCUT2D eigenvalue weighted by atomic mass is 9.98. The summed E-state index contributed by atoms with van der Waals surface area (Å²) in [6, 6.07) is 7.74. The first-order chi connectivity index (χ1) is 9.13. The van der Waals surface area contributed by atoms with Gasteiger partial charge < -0.3 is 4.74 Å². The van der Waals surface area contributed by atoms with Crippen LogP contribution in [0.3, 0.4) is 0 Å². The number of Topliss-reactive ketones (excluding diaryl/α,β-unsaturated/α-hetero) is 1. The van der Waals surface area contributed by atoms with Gasteiger partial charge in [-0.1, -0.05) is 13.0 Å². The Labute approximate surface area is 113 Å². The molecule has 100 valence electrons. The van der Waals surface area contributed by atoms with Gasteiger partial charge in [-0.15, -0.1) is 0 Å². The molecule has 1 atom stereocenters. The Morgan fingerprint density at radius 3 is 2.95 bits per heavy atom. The minimum absolute atomic E-state index is 0.119. The topological polar surface area (TPSA) is 53.3 Å². The molecule has 1 aliphatic rings. The molecule has 0 bridgehead atoms. The van der Waals surface area contributed by atoms with E-state index in [-0.39, 0.29) is 5.92 Å². The second-order valence-corrected chi connectivity index (χ2v) is 5.00. The first kappa shape index (κ1) is 13.6. The Balaban J connectivity index is 2.08. The first-order valence-electron chi connectivity index (χ1n) is 6.46. The zero-order valence-corrected chi connectivity index (χ0v) is 11.3. The number of carbonyl (C=O) groups is 1. The lowest BCUT2D eigenvalue weighted by Crippen LogP contribution is -2.39. The number of nitrogens with zero attached hydrogens (tertiary/aromatic N) is 2. The van der Waals surface area contributed by atoms with E-state index >= 15 is 0 Å². The molecule has 1 unspecified atom stereocenters. The molecule has 1 aromatic rings.